The fraction of sp³-hybridized carbons (Fsp3) is 0.212. The van der Waals surface area contributed by atoms with E-state index in [0.29, 0.717) is 44.5 Å². The van der Waals surface area contributed by atoms with Gasteiger partial charge in [-0.25, -0.2) is 0 Å². The van der Waals surface area contributed by atoms with E-state index in [4.69, 9.17) is 39.4 Å². The third-order valence-corrected chi connectivity index (χ3v) is 13.1. The first-order chi connectivity index (χ1) is 38.1. The van der Waals surface area contributed by atoms with Gasteiger partial charge in [0.05, 0.1) is 90.1 Å². The Morgan fingerprint density at radius 3 is 0.603 bits per heavy atom. The zero-order chi connectivity index (χ0) is 55.0. The Balaban J connectivity index is 0.000000899. The lowest BCUT2D eigenvalue weighted by Gasteiger charge is -2.33. The maximum atomic E-state index is 13.1. The summed E-state index contributed by atoms with van der Waals surface area (Å²) >= 11 is 0. The van der Waals surface area contributed by atoms with E-state index < -0.39 is 37.3 Å². The van der Waals surface area contributed by atoms with Gasteiger partial charge in [0.15, 0.2) is 23.1 Å². The van der Waals surface area contributed by atoms with Gasteiger partial charge >= 0.3 is 0 Å². The van der Waals surface area contributed by atoms with Crippen molar-refractivity contribution >= 4 is 23.1 Å². The van der Waals surface area contributed by atoms with Crippen molar-refractivity contribution in [2.75, 3.05) is 52.9 Å². The van der Waals surface area contributed by atoms with Gasteiger partial charge in [-0.1, -0.05) is 218 Å². The van der Waals surface area contributed by atoms with Crippen LogP contribution in [-0.4, -0.2) is 96.4 Å². The fourth-order valence-electron chi connectivity index (χ4n) is 8.13. The van der Waals surface area contributed by atoms with Crippen molar-refractivity contribution in [1.82, 2.24) is 0 Å². The summed E-state index contributed by atoms with van der Waals surface area (Å²) in [7, 11) is 0. The molecule has 0 unspecified atom stereocenters. The standard InChI is InChI=1S/C61H52O8.C5H12O4/c62-57(49-13-5-1-6-14-49)53-29-21-45(22-30-53)37-66-41-61(42-67-38-46-23-31-54(32-24-46)58(63)50-15-7-2-8-16-50,43-68-39-47-25-33-55(34-26-47)59(64)51-17-9-3-10-18-51)44-69-40-48-27-35-56(36-28-48)60(65)52-19-11-4-12-20-52;6-1-5(2-7,3-8)4-9/h1-36H,37-44H2;6-9H,1-4H2. The fourth-order valence-corrected chi connectivity index (χ4v) is 8.13. The second-order valence-corrected chi connectivity index (χ2v) is 19.2. The van der Waals surface area contributed by atoms with E-state index in [0.717, 1.165) is 22.3 Å². The predicted molar refractivity (Wildman–Crippen MR) is 297 cm³/mol. The van der Waals surface area contributed by atoms with Gasteiger partial charge in [-0.3, -0.25) is 19.2 Å². The quantitative estimate of drug-likeness (QED) is 0.0341. The monoisotopic (exact) mass is 1050 g/mol. The summed E-state index contributed by atoms with van der Waals surface area (Å²) in [6.07, 6.45) is 0. The van der Waals surface area contributed by atoms with Crippen molar-refractivity contribution in [3.63, 3.8) is 0 Å². The average molecular weight is 1050 g/mol. The number of hydrogen-bond donors (Lipinski definition) is 4. The number of ether oxygens (including phenoxy) is 4. The lowest BCUT2D eigenvalue weighted by atomic mass is 9.92. The highest BCUT2D eigenvalue weighted by molar-refractivity contribution is 6.10. The lowest BCUT2D eigenvalue weighted by molar-refractivity contribution is -0.117. The highest BCUT2D eigenvalue weighted by Gasteiger charge is 2.33. The summed E-state index contributed by atoms with van der Waals surface area (Å²) < 4.78 is 26.0. The normalized spacial score (nSPS) is 11.3. The summed E-state index contributed by atoms with van der Waals surface area (Å²) in [5.74, 6) is -0.219. The molecule has 0 saturated carbocycles. The summed E-state index contributed by atoms with van der Waals surface area (Å²) in [5, 5.41) is 34.0. The Morgan fingerprint density at radius 1 is 0.256 bits per heavy atom. The van der Waals surface area contributed by atoms with Crippen LogP contribution < -0.4 is 0 Å². The zero-order valence-electron chi connectivity index (χ0n) is 43.3. The minimum Gasteiger partial charge on any atom is -0.396 e. The lowest BCUT2D eigenvalue weighted by Crippen LogP contribution is -2.41. The zero-order valence-corrected chi connectivity index (χ0v) is 43.3. The summed E-state index contributed by atoms with van der Waals surface area (Å²) in [6, 6.07) is 66.4. The molecule has 0 aliphatic heterocycles. The Kier molecular flexibility index (Phi) is 21.9. The molecular weight excluding hydrogens is 985 g/mol. The smallest absolute Gasteiger partial charge is 0.193 e. The first kappa shape index (κ1) is 57.8. The summed E-state index contributed by atoms with van der Waals surface area (Å²) in [6.45, 7) is 0.167. The van der Waals surface area contributed by atoms with Crippen LogP contribution in [0.15, 0.2) is 218 Å². The SMILES string of the molecule is O=C(c1ccccc1)c1ccc(COCC(COCc2ccc(C(=O)c3ccccc3)cc2)(COCc2ccc(C(=O)c3ccccc3)cc2)COCc2ccc(C(=O)c3ccccc3)cc2)cc1.OCC(CO)(CO)CO. The van der Waals surface area contributed by atoms with Crippen LogP contribution >= 0.6 is 0 Å². The van der Waals surface area contributed by atoms with E-state index in [2.05, 4.69) is 0 Å². The molecule has 0 bridgehead atoms. The van der Waals surface area contributed by atoms with Crippen LogP contribution in [0, 0.1) is 10.8 Å². The second kappa shape index (κ2) is 29.6. The number of ketones is 4. The molecule has 0 spiro atoms. The van der Waals surface area contributed by atoms with E-state index in [1.54, 1.807) is 48.5 Å². The van der Waals surface area contributed by atoms with Crippen molar-refractivity contribution < 1.29 is 58.6 Å². The van der Waals surface area contributed by atoms with Crippen LogP contribution in [-0.2, 0) is 45.4 Å². The number of aliphatic hydroxyl groups is 4. The van der Waals surface area contributed by atoms with Crippen LogP contribution in [0.5, 0.6) is 0 Å². The first-order valence-electron chi connectivity index (χ1n) is 25.6. The molecule has 0 atom stereocenters. The molecular formula is C66H64O12. The van der Waals surface area contributed by atoms with E-state index in [1.807, 2.05) is 170 Å². The van der Waals surface area contributed by atoms with Gasteiger partial charge in [-0.2, -0.15) is 0 Å². The number of benzene rings is 8. The molecule has 8 rings (SSSR count). The number of carbonyl (C=O) groups excluding carboxylic acids is 4. The van der Waals surface area contributed by atoms with Gasteiger partial charge in [-0.15, -0.1) is 0 Å². The van der Waals surface area contributed by atoms with Crippen LogP contribution in [0.2, 0.25) is 0 Å². The Bertz CT molecular complexity index is 2660. The molecule has 8 aromatic carbocycles. The molecule has 8 aromatic rings. The van der Waals surface area contributed by atoms with Crippen molar-refractivity contribution in [3.05, 3.63) is 285 Å². The molecule has 0 heterocycles. The molecule has 0 amide bonds. The minimum atomic E-state index is -1.11. The highest BCUT2D eigenvalue weighted by Crippen LogP contribution is 2.26. The van der Waals surface area contributed by atoms with Gasteiger partial charge in [0.1, 0.15) is 0 Å². The molecule has 12 nitrogen and oxygen atoms in total. The highest BCUT2D eigenvalue weighted by atomic mass is 16.5. The van der Waals surface area contributed by atoms with Crippen molar-refractivity contribution in [2.24, 2.45) is 10.8 Å². The molecule has 400 valence electrons. The maximum absolute atomic E-state index is 13.1. The molecule has 0 radical (unpaired) electrons. The van der Waals surface area contributed by atoms with Gasteiger partial charge in [0, 0.05) is 44.5 Å². The third-order valence-electron chi connectivity index (χ3n) is 13.1. The Labute approximate surface area is 455 Å². The number of aliphatic hydroxyl groups excluding tert-OH is 4. The van der Waals surface area contributed by atoms with Gasteiger partial charge in [-0.05, 0) is 22.3 Å². The summed E-state index contributed by atoms with van der Waals surface area (Å²) in [5.41, 5.74) is 6.44. The Morgan fingerprint density at radius 2 is 0.436 bits per heavy atom. The molecule has 4 N–H and O–H groups in total. The van der Waals surface area contributed by atoms with Crippen LogP contribution in [0.1, 0.15) is 85.9 Å². The van der Waals surface area contributed by atoms with Crippen molar-refractivity contribution in [2.45, 2.75) is 26.4 Å². The molecule has 12 heteroatoms. The molecule has 0 aliphatic carbocycles. The molecule has 0 aliphatic rings. The first-order valence-corrected chi connectivity index (χ1v) is 25.6. The van der Waals surface area contributed by atoms with E-state index in [9.17, 15) is 19.2 Å². The van der Waals surface area contributed by atoms with Crippen LogP contribution in [0.4, 0.5) is 0 Å². The number of rotatable bonds is 28. The van der Waals surface area contributed by atoms with E-state index in [1.165, 1.54) is 0 Å². The van der Waals surface area contributed by atoms with Crippen LogP contribution in [0.25, 0.3) is 0 Å². The van der Waals surface area contributed by atoms with E-state index >= 15 is 0 Å². The van der Waals surface area contributed by atoms with Gasteiger partial charge < -0.3 is 39.4 Å². The minimum absolute atomic E-state index is 0.0548. The second-order valence-electron chi connectivity index (χ2n) is 19.2. The summed E-state index contributed by atoms with van der Waals surface area (Å²) in [4.78, 5) is 52.4. The Hall–Kier alpha value is -7.88. The molecule has 78 heavy (non-hydrogen) atoms. The van der Waals surface area contributed by atoms with Crippen molar-refractivity contribution in [1.29, 1.82) is 0 Å². The average Bonchev–Trinajstić information content (AvgIpc) is 3.51. The maximum Gasteiger partial charge on any atom is 0.193 e. The third kappa shape index (κ3) is 16.6. The van der Waals surface area contributed by atoms with E-state index in [-0.39, 0.29) is 76.0 Å². The van der Waals surface area contributed by atoms with Gasteiger partial charge in [0.25, 0.3) is 0 Å². The topological polar surface area (TPSA) is 186 Å². The van der Waals surface area contributed by atoms with Gasteiger partial charge in [0.2, 0.25) is 0 Å². The molecule has 0 aromatic heterocycles. The van der Waals surface area contributed by atoms with Crippen LogP contribution in [0.3, 0.4) is 0 Å². The largest absolute Gasteiger partial charge is 0.396 e. The molecule has 0 saturated heterocycles. The predicted octanol–water partition coefficient (Wildman–Crippen LogP) is 9.71. The molecule has 0 fully saturated rings. The van der Waals surface area contributed by atoms with Crippen molar-refractivity contribution in [3.8, 4) is 0 Å². The number of carbonyl (C=O) groups is 4. The number of hydrogen-bond acceptors (Lipinski definition) is 12.